The lowest BCUT2D eigenvalue weighted by Crippen LogP contribution is -1.98. The van der Waals surface area contributed by atoms with E-state index < -0.39 is 0 Å². The van der Waals surface area contributed by atoms with Gasteiger partial charge in [0.2, 0.25) is 0 Å². The van der Waals surface area contributed by atoms with Crippen molar-refractivity contribution in [2.24, 2.45) is 0 Å². The Morgan fingerprint density at radius 3 is 2.84 bits per heavy atom. The number of nitrogens with two attached hydrogens (primary N) is 1. The Morgan fingerprint density at radius 2 is 2.11 bits per heavy atom. The summed E-state index contributed by atoms with van der Waals surface area (Å²) in [5.41, 5.74) is 7.75. The van der Waals surface area contributed by atoms with Gasteiger partial charge in [-0.3, -0.25) is 4.57 Å². The van der Waals surface area contributed by atoms with Crippen LogP contribution in [0.25, 0.3) is 17.0 Å². The molecule has 0 aliphatic heterocycles. The molecule has 3 aromatic heterocycles. The smallest absolute Gasteiger partial charge is 0.165 e. The topological polar surface area (TPSA) is 78.9 Å². The molecule has 0 amide bonds. The molecule has 0 saturated heterocycles. The van der Waals surface area contributed by atoms with Gasteiger partial charge in [-0.15, -0.1) is 0 Å². The molecule has 2 N–H and O–H groups in total. The van der Waals surface area contributed by atoms with Crippen molar-refractivity contribution < 1.29 is 4.74 Å². The maximum absolute atomic E-state index is 5.68. The normalized spacial score (nSPS) is 10.8. The predicted octanol–water partition coefficient (Wildman–Crippen LogP) is 1.80. The average molecular weight is 255 g/mol. The van der Waals surface area contributed by atoms with Crippen LogP contribution in [0, 0.1) is 0 Å². The van der Waals surface area contributed by atoms with Gasteiger partial charge >= 0.3 is 0 Å². The zero-order valence-corrected chi connectivity index (χ0v) is 10.4. The molecule has 96 valence electrons. The number of hydrogen-bond donors (Lipinski definition) is 1. The highest BCUT2D eigenvalue weighted by molar-refractivity contribution is 5.75. The molecule has 0 aromatic carbocycles. The Hall–Kier alpha value is -2.63. The van der Waals surface area contributed by atoms with E-state index in [1.807, 2.05) is 23.6 Å². The van der Waals surface area contributed by atoms with Gasteiger partial charge in [0.1, 0.15) is 23.4 Å². The molecule has 0 spiro atoms. The number of rotatable bonds is 3. The van der Waals surface area contributed by atoms with E-state index in [0.29, 0.717) is 12.3 Å². The van der Waals surface area contributed by atoms with Crippen molar-refractivity contribution in [1.29, 1.82) is 0 Å². The van der Waals surface area contributed by atoms with Crippen LogP contribution in [0.3, 0.4) is 0 Å². The van der Waals surface area contributed by atoms with Gasteiger partial charge in [-0.2, -0.15) is 0 Å². The number of ether oxygens (including phenoxy) is 1. The van der Waals surface area contributed by atoms with Crippen molar-refractivity contribution in [2.45, 2.75) is 6.92 Å². The molecule has 6 heteroatoms. The molecule has 3 rings (SSSR count). The van der Waals surface area contributed by atoms with Crippen molar-refractivity contribution in [3.8, 4) is 11.6 Å². The van der Waals surface area contributed by atoms with Gasteiger partial charge in [0.05, 0.1) is 24.7 Å². The minimum atomic E-state index is 0.595. The highest BCUT2D eigenvalue weighted by Gasteiger charge is 2.07. The standard InChI is InChI=1S/C13H13N5O/c1-2-19-10-3-4-12(15-7-10)18-8-17-11-5-9(14)6-16-13(11)18/h3-8H,2,14H2,1H3. The van der Waals surface area contributed by atoms with Crippen LogP contribution in [0.1, 0.15) is 6.92 Å². The molecule has 0 atom stereocenters. The molecule has 0 radical (unpaired) electrons. The number of nitrogen functional groups attached to an aromatic ring is 1. The van der Waals surface area contributed by atoms with Crippen LogP contribution in [0.2, 0.25) is 0 Å². The Kier molecular flexibility index (Phi) is 2.75. The summed E-state index contributed by atoms with van der Waals surface area (Å²) in [5.74, 6) is 1.48. The fraction of sp³-hybridized carbons (Fsp3) is 0.154. The van der Waals surface area contributed by atoms with Crippen LogP contribution in [0.5, 0.6) is 5.75 Å². The number of fused-ring (bicyclic) bond motifs is 1. The Bertz CT molecular complexity index is 705. The molecule has 0 saturated carbocycles. The summed E-state index contributed by atoms with van der Waals surface area (Å²) in [4.78, 5) is 12.9. The van der Waals surface area contributed by atoms with E-state index in [-0.39, 0.29) is 0 Å². The van der Waals surface area contributed by atoms with E-state index in [4.69, 9.17) is 10.5 Å². The summed E-state index contributed by atoms with van der Waals surface area (Å²) in [7, 11) is 0. The largest absolute Gasteiger partial charge is 0.492 e. The lowest BCUT2D eigenvalue weighted by Gasteiger charge is -2.05. The van der Waals surface area contributed by atoms with Gasteiger partial charge in [-0.25, -0.2) is 15.0 Å². The van der Waals surface area contributed by atoms with Crippen LogP contribution < -0.4 is 10.5 Å². The van der Waals surface area contributed by atoms with E-state index in [1.165, 1.54) is 0 Å². The first-order chi connectivity index (χ1) is 9.28. The Labute approximate surface area is 109 Å². The number of anilines is 1. The molecule has 0 unspecified atom stereocenters. The minimum Gasteiger partial charge on any atom is -0.492 e. The maximum atomic E-state index is 5.68. The first kappa shape index (κ1) is 11.5. The maximum Gasteiger partial charge on any atom is 0.165 e. The first-order valence-electron chi connectivity index (χ1n) is 5.95. The fourth-order valence-corrected chi connectivity index (χ4v) is 1.85. The molecule has 3 aromatic rings. The number of imidazole rings is 1. The summed E-state index contributed by atoms with van der Waals surface area (Å²) in [6, 6.07) is 5.52. The summed E-state index contributed by atoms with van der Waals surface area (Å²) < 4.78 is 7.17. The molecule has 3 heterocycles. The SMILES string of the molecule is CCOc1ccc(-n2cnc3cc(N)cnc32)nc1. The zero-order chi connectivity index (χ0) is 13.2. The third-order valence-corrected chi connectivity index (χ3v) is 2.69. The van der Waals surface area contributed by atoms with Gasteiger partial charge < -0.3 is 10.5 Å². The molecule has 6 nitrogen and oxygen atoms in total. The number of nitrogens with zero attached hydrogens (tertiary/aromatic N) is 4. The molecule has 0 aliphatic carbocycles. The van der Waals surface area contributed by atoms with Gasteiger partial charge in [-0.1, -0.05) is 0 Å². The van der Waals surface area contributed by atoms with E-state index >= 15 is 0 Å². The Morgan fingerprint density at radius 1 is 1.21 bits per heavy atom. The second kappa shape index (κ2) is 4.56. The summed E-state index contributed by atoms with van der Waals surface area (Å²) in [6.45, 7) is 2.56. The summed E-state index contributed by atoms with van der Waals surface area (Å²) in [6.07, 6.45) is 4.97. The van der Waals surface area contributed by atoms with Crippen LogP contribution >= 0.6 is 0 Å². The second-order valence-electron chi connectivity index (χ2n) is 4.01. The quantitative estimate of drug-likeness (QED) is 0.772. The molecular formula is C13H13N5O. The highest BCUT2D eigenvalue weighted by Crippen LogP contribution is 2.18. The molecule has 19 heavy (non-hydrogen) atoms. The van der Waals surface area contributed by atoms with Crippen molar-refractivity contribution in [3.05, 3.63) is 36.9 Å². The highest BCUT2D eigenvalue weighted by atomic mass is 16.5. The van der Waals surface area contributed by atoms with Crippen LogP contribution in [-0.2, 0) is 0 Å². The lowest BCUT2D eigenvalue weighted by molar-refractivity contribution is 0.339. The second-order valence-corrected chi connectivity index (χ2v) is 4.01. The average Bonchev–Trinajstić information content (AvgIpc) is 2.83. The summed E-state index contributed by atoms with van der Waals surface area (Å²) in [5, 5.41) is 0. The molecular weight excluding hydrogens is 242 g/mol. The number of hydrogen-bond acceptors (Lipinski definition) is 5. The third-order valence-electron chi connectivity index (χ3n) is 2.69. The van der Waals surface area contributed by atoms with Crippen LogP contribution in [0.4, 0.5) is 5.69 Å². The predicted molar refractivity (Wildman–Crippen MR) is 72.2 cm³/mol. The van der Waals surface area contributed by atoms with Crippen molar-refractivity contribution in [2.75, 3.05) is 12.3 Å². The van der Waals surface area contributed by atoms with Gasteiger partial charge in [0.25, 0.3) is 0 Å². The van der Waals surface area contributed by atoms with Crippen LogP contribution in [-0.4, -0.2) is 26.1 Å². The molecule has 0 aliphatic rings. The number of aromatic nitrogens is 4. The van der Waals surface area contributed by atoms with Gasteiger partial charge in [-0.05, 0) is 25.1 Å². The number of pyridine rings is 2. The van der Waals surface area contributed by atoms with E-state index in [0.717, 1.165) is 22.7 Å². The minimum absolute atomic E-state index is 0.595. The van der Waals surface area contributed by atoms with E-state index in [1.54, 1.807) is 24.8 Å². The third kappa shape index (κ3) is 2.08. The van der Waals surface area contributed by atoms with Gasteiger partial charge in [0, 0.05) is 0 Å². The van der Waals surface area contributed by atoms with E-state index in [9.17, 15) is 0 Å². The first-order valence-corrected chi connectivity index (χ1v) is 5.95. The van der Waals surface area contributed by atoms with Crippen LogP contribution in [0.15, 0.2) is 36.9 Å². The molecule has 0 fully saturated rings. The zero-order valence-electron chi connectivity index (χ0n) is 10.4. The lowest BCUT2D eigenvalue weighted by atomic mass is 10.4. The van der Waals surface area contributed by atoms with Crippen molar-refractivity contribution in [1.82, 2.24) is 19.5 Å². The van der Waals surface area contributed by atoms with E-state index in [2.05, 4.69) is 15.0 Å². The van der Waals surface area contributed by atoms with Crippen molar-refractivity contribution >= 4 is 16.9 Å². The molecule has 0 bridgehead atoms. The monoisotopic (exact) mass is 255 g/mol. The van der Waals surface area contributed by atoms with Gasteiger partial charge in [0.15, 0.2) is 5.65 Å². The van der Waals surface area contributed by atoms with Crippen molar-refractivity contribution in [3.63, 3.8) is 0 Å². The fourth-order valence-electron chi connectivity index (χ4n) is 1.85. The summed E-state index contributed by atoms with van der Waals surface area (Å²) >= 11 is 0. The Balaban J connectivity index is 2.04.